The number of methoxy groups -OCH3 is 1. The lowest BCUT2D eigenvalue weighted by atomic mass is 10.4. The van der Waals surface area contributed by atoms with Crippen molar-refractivity contribution in [1.82, 2.24) is 14.9 Å². The van der Waals surface area contributed by atoms with Gasteiger partial charge in [-0.05, 0) is 32.9 Å². The van der Waals surface area contributed by atoms with E-state index < -0.39 is 0 Å². The predicted octanol–water partition coefficient (Wildman–Crippen LogP) is 1.59. The number of anilines is 2. The lowest BCUT2D eigenvalue weighted by Crippen LogP contribution is -2.32. The minimum atomic E-state index is 0.437. The Bertz CT molecular complexity index is 410. The van der Waals surface area contributed by atoms with Gasteiger partial charge in [0.1, 0.15) is 18.2 Å². The van der Waals surface area contributed by atoms with Crippen molar-refractivity contribution in [3.63, 3.8) is 0 Å². The van der Waals surface area contributed by atoms with Crippen molar-refractivity contribution < 1.29 is 4.74 Å². The first-order chi connectivity index (χ1) is 10.2. The first-order valence-corrected chi connectivity index (χ1v) is 7.77. The molecule has 0 spiro atoms. The van der Waals surface area contributed by atoms with Gasteiger partial charge in [0.2, 0.25) is 0 Å². The number of likely N-dealkylation sites (tertiary alicyclic amines) is 1. The van der Waals surface area contributed by atoms with Gasteiger partial charge in [-0.15, -0.1) is 0 Å². The van der Waals surface area contributed by atoms with Crippen LogP contribution in [0.5, 0.6) is 0 Å². The van der Waals surface area contributed by atoms with Gasteiger partial charge in [0.05, 0.1) is 0 Å². The number of hydrogen-bond donors (Lipinski definition) is 1. The summed E-state index contributed by atoms with van der Waals surface area (Å²) in [4.78, 5) is 13.7. The first-order valence-electron chi connectivity index (χ1n) is 7.77. The van der Waals surface area contributed by atoms with Crippen molar-refractivity contribution in [1.29, 1.82) is 0 Å². The van der Waals surface area contributed by atoms with E-state index in [9.17, 15) is 0 Å². The quantitative estimate of drug-likeness (QED) is 0.785. The Morgan fingerprint density at radius 2 is 2.10 bits per heavy atom. The van der Waals surface area contributed by atoms with E-state index in [2.05, 4.69) is 39.1 Å². The van der Waals surface area contributed by atoms with Gasteiger partial charge >= 0.3 is 0 Å². The van der Waals surface area contributed by atoms with Crippen LogP contribution in [0.2, 0.25) is 0 Å². The van der Waals surface area contributed by atoms with E-state index in [1.165, 1.54) is 25.9 Å². The summed E-state index contributed by atoms with van der Waals surface area (Å²) < 4.78 is 5.16. The van der Waals surface area contributed by atoms with Gasteiger partial charge in [-0.25, -0.2) is 9.97 Å². The Balaban J connectivity index is 2.01. The molecule has 0 saturated carbocycles. The molecule has 0 aromatic carbocycles. The van der Waals surface area contributed by atoms with Crippen LogP contribution in [0.15, 0.2) is 6.07 Å². The van der Waals surface area contributed by atoms with E-state index in [0.717, 1.165) is 37.1 Å². The topological polar surface area (TPSA) is 53.5 Å². The molecular weight excluding hydrogens is 266 g/mol. The van der Waals surface area contributed by atoms with Crippen LogP contribution in [0, 0.1) is 0 Å². The van der Waals surface area contributed by atoms with E-state index in [4.69, 9.17) is 4.74 Å². The molecule has 6 heteroatoms. The number of rotatable bonds is 8. The lowest BCUT2D eigenvalue weighted by Gasteiger charge is -2.23. The number of nitrogens with one attached hydrogen (secondary N) is 1. The molecule has 6 nitrogen and oxygen atoms in total. The molecule has 0 atom stereocenters. The Labute approximate surface area is 127 Å². The number of ether oxygens (including phenoxy) is 1. The van der Waals surface area contributed by atoms with Gasteiger partial charge in [0, 0.05) is 39.9 Å². The molecule has 1 N–H and O–H groups in total. The van der Waals surface area contributed by atoms with E-state index in [0.29, 0.717) is 6.61 Å². The minimum Gasteiger partial charge on any atom is -0.377 e. The van der Waals surface area contributed by atoms with Gasteiger partial charge in [-0.1, -0.05) is 0 Å². The van der Waals surface area contributed by atoms with E-state index in [1.807, 2.05) is 6.07 Å². The van der Waals surface area contributed by atoms with E-state index >= 15 is 0 Å². The predicted molar refractivity (Wildman–Crippen MR) is 85.9 cm³/mol. The maximum atomic E-state index is 5.16. The third kappa shape index (κ3) is 4.82. The fourth-order valence-electron chi connectivity index (χ4n) is 2.56. The van der Waals surface area contributed by atoms with E-state index in [-0.39, 0.29) is 0 Å². The zero-order chi connectivity index (χ0) is 15.1. The number of likely N-dealkylation sites (N-methyl/N-ethyl adjacent to an activating group) is 1. The zero-order valence-electron chi connectivity index (χ0n) is 13.4. The summed E-state index contributed by atoms with van der Waals surface area (Å²) in [7, 11) is 3.75. The molecule has 0 radical (unpaired) electrons. The highest BCUT2D eigenvalue weighted by Crippen LogP contribution is 2.16. The summed E-state index contributed by atoms with van der Waals surface area (Å²) in [5.41, 5.74) is 0. The number of hydrogen-bond acceptors (Lipinski definition) is 6. The van der Waals surface area contributed by atoms with Crippen molar-refractivity contribution in [2.24, 2.45) is 0 Å². The van der Waals surface area contributed by atoms with Gasteiger partial charge in [-0.3, -0.25) is 0 Å². The molecule has 21 heavy (non-hydrogen) atoms. The summed E-state index contributed by atoms with van der Waals surface area (Å²) in [6.07, 6.45) is 2.67. The van der Waals surface area contributed by atoms with Crippen molar-refractivity contribution >= 4 is 11.6 Å². The minimum absolute atomic E-state index is 0.437. The van der Waals surface area contributed by atoms with Crippen LogP contribution in [0.1, 0.15) is 25.6 Å². The fourth-order valence-corrected chi connectivity index (χ4v) is 2.56. The van der Waals surface area contributed by atoms with Crippen LogP contribution in [-0.2, 0) is 11.3 Å². The highest BCUT2D eigenvalue weighted by Gasteiger charge is 2.13. The van der Waals surface area contributed by atoms with Crippen LogP contribution in [0.4, 0.5) is 11.6 Å². The third-order valence-corrected chi connectivity index (χ3v) is 3.73. The molecule has 0 aliphatic carbocycles. The summed E-state index contributed by atoms with van der Waals surface area (Å²) in [6.45, 7) is 7.89. The Morgan fingerprint density at radius 3 is 2.76 bits per heavy atom. The summed E-state index contributed by atoms with van der Waals surface area (Å²) in [5, 5.41) is 3.26. The lowest BCUT2D eigenvalue weighted by molar-refractivity contribution is 0.178. The largest absolute Gasteiger partial charge is 0.377 e. The maximum absolute atomic E-state index is 5.16. The molecule has 1 aliphatic rings. The average Bonchev–Trinajstić information content (AvgIpc) is 2.98. The molecule has 1 aromatic rings. The SMILES string of the molecule is CCNc1cc(N(C)CCN2CCCC2)nc(COC)n1. The van der Waals surface area contributed by atoms with Gasteiger partial charge in [0.25, 0.3) is 0 Å². The maximum Gasteiger partial charge on any atom is 0.158 e. The third-order valence-electron chi connectivity index (χ3n) is 3.73. The fraction of sp³-hybridized carbons (Fsp3) is 0.733. The molecular formula is C15H27N5O. The summed E-state index contributed by atoms with van der Waals surface area (Å²) in [6, 6.07) is 2.01. The first kappa shape index (κ1) is 16.0. The van der Waals surface area contributed by atoms with Crippen LogP contribution >= 0.6 is 0 Å². The zero-order valence-corrected chi connectivity index (χ0v) is 13.4. The molecule has 118 valence electrons. The van der Waals surface area contributed by atoms with Crippen molar-refractivity contribution in [3.05, 3.63) is 11.9 Å². The van der Waals surface area contributed by atoms with Gasteiger partial charge in [0.15, 0.2) is 5.82 Å². The highest BCUT2D eigenvalue weighted by molar-refractivity contribution is 5.49. The average molecular weight is 293 g/mol. The van der Waals surface area contributed by atoms with Crippen LogP contribution in [0.3, 0.4) is 0 Å². The Hall–Kier alpha value is -1.40. The molecule has 2 rings (SSSR count). The molecule has 1 aromatic heterocycles. The normalized spacial score (nSPS) is 15.4. The Kier molecular flexibility index (Phi) is 6.20. The molecule has 1 fully saturated rings. The highest BCUT2D eigenvalue weighted by atomic mass is 16.5. The summed E-state index contributed by atoms with van der Waals surface area (Å²) in [5.74, 6) is 2.54. The van der Waals surface area contributed by atoms with Crippen LogP contribution < -0.4 is 10.2 Å². The Morgan fingerprint density at radius 1 is 1.33 bits per heavy atom. The standard InChI is InChI=1S/C15H27N5O/c1-4-16-13-11-15(18-14(17-13)12-21-3)19(2)9-10-20-7-5-6-8-20/h11H,4-10,12H2,1-3H3,(H,16,17,18). The molecule has 2 heterocycles. The molecule has 1 aliphatic heterocycles. The van der Waals surface area contributed by atoms with Gasteiger partial charge < -0.3 is 19.9 Å². The number of nitrogens with zero attached hydrogens (tertiary/aromatic N) is 4. The monoisotopic (exact) mass is 293 g/mol. The van der Waals surface area contributed by atoms with E-state index in [1.54, 1.807) is 7.11 Å². The van der Waals surface area contributed by atoms with Crippen LogP contribution in [-0.4, -0.2) is 61.7 Å². The van der Waals surface area contributed by atoms with Crippen molar-refractivity contribution in [3.8, 4) is 0 Å². The van der Waals surface area contributed by atoms with Crippen LogP contribution in [0.25, 0.3) is 0 Å². The molecule has 0 unspecified atom stereocenters. The van der Waals surface area contributed by atoms with Crippen molar-refractivity contribution in [2.75, 3.05) is 57.1 Å². The summed E-state index contributed by atoms with van der Waals surface area (Å²) >= 11 is 0. The second-order valence-corrected chi connectivity index (χ2v) is 5.46. The molecule has 0 bridgehead atoms. The smallest absolute Gasteiger partial charge is 0.158 e. The second kappa shape index (κ2) is 8.14. The van der Waals surface area contributed by atoms with Gasteiger partial charge in [-0.2, -0.15) is 0 Å². The molecule has 0 amide bonds. The number of aromatic nitrogens is 2. The second-order valence-electron chi connectivity index (χ2n) is 5.46. The molecule has 1 saturated heterocycles. The van der Waals surface area contributed by atoms with Crippen molar-refractivity contribution in [2.45, 2.75) is 26.4 Å².